The van der Waals surface area contributed by atoms with Gasteiger partial charge < -0.3 is 67.3 Å². The van der Waals surface area contributed by atoms with Gasteiger partial charge in [0.25, 0.3) is 5.92 Å². The molecular weight excluding hydrogens is 1670 g/mol. The van der Waals surface area contributed by atoms with E-state index in [-0.39, 0.29) is 100 Å². The van der Waals surface area contributed by atoms with E-state index in [0.717, 1.165) is 74.6 Å². The molecule has 4 fully saturated rings. The molecule has 4 aromatic heterocycles. The Kier molecular flexibility index (Phi) is 33.6. The van der Waals surface area contributed by atoms with Crippen molar-refractivity contribution in [1.29, 1.82) is 21.0 Å². The van der Waals surface area contributed by atoms with Gasteiger partial charge in [0.1, 0.15) is 86.9 Å². The van der Waals surface area contributed by atoms with Crippen LogP contribution in [0.2, 0.25) is 0 Å². The summed E-state index contributed by atoms with van der Waals surface area (Å²) < 4.78 is 139. The Morgan fingerprint density at radius 2 is 0.789 bits per heavy atom. The van der Waals surface area contributed by atoms with Gasteiger partial charge in [-0.15, -0.1) is 13.2 Å². The number of nitriles is 4. The van der Waals surface area contributed by atoms with E-state index in [1.807, 2.05) is 64.1 Å². The molecule has 0 saturated heterocycles. The van der Waals surface area contributed by atoms with Gasteiger partial charge in [-0.3, -0.25) is 0 Å². The van der Waals surface area contributed by atoms with Gasteiger partial charge in [0.05, 0.1) is 49.1 Å². The first-order valence-electron chi connectivity index (χ1n) is 42.9. The number of anilines is 8. The van der Waals surface area contributed by atoms with E-state index in [4.69, 9.17) is 4.74 Å². The molecule has 4 saturated carbocycles. The zero-order valence-electron chi connectivity index (χ0n) is 74.4. The summed E-state index contributed by atoms with van der Waals surface area (Å²) in [6.45, 7) is 26.0. The quantitative estimate of drug-likeness (QED) is 0.0203. The number of hydrogen-bond acceptors (Lipinski definition) is 25. The van der Waals surface area contributed by atoms with Gasteiger partial charge in [0, 0.05) is 63.2 Å². The van der Waals surface area contributed by atoms with E-state index in [1.54, 1.807) is 37.3 Å². The molecule has 4 aliphatic carbocycles. The van der Waals surface area contributed by atoms with Gasteiger partial charge in [-0.05, 0) is 195 Å². The zero-order valence-corrected chi connectivity index (χ0v) is 74.4. The fourth-order valence-corrected chi connectivity index (χ4v) is 15.9. The van der Waals surface area contributed by atoms with Gasteiger partial charge in [0.15, 0.2) is 0 Å². The molecule has 9 atom stereocenters. The van der Waals surface area contributed by atoms with Crippen LogP contribution in [0.4, 0.5) is 91.0 Å². The van der Waals surface area contributed by atoms with Crippen molar-refractivity contribution in [3.63, 3.8) is 0 Å². The third-order valence-corrected chi connectivity index (χ3v) is 24.3. The lowest BCUT2D eigenvalue weighted by molar-refractivity contribution is -0.274. The van der Waals surface area contributed by atoms with Crippen LogP contribution in [0.5, 0.6) is 11.5 Å². The number of rotatable bonds is 28. The molecule has 128 heavy (non-hydrogen) atoms. The van der Waals surface area contributed by atoms with Crippen molar-refractivity contribution in [3.05, 3.63) is 177 Å². The minimum absolute atomic E-state index is 0.0116. The second-order valence-corrected chi connectivity index (χ2v) is 36.6. The van der Waals surface area contributed by atoms with E-state index in [1.165, 1.54) is 43.0 Å². The fourth-order valence-electron chi connectivity index (χ4n) is 15.9. The van der Waals surface area contributed by atoms with Gasteiger partial charge in [-0.25, -0.2) is 28.7 Å². The van der Waals surface area contributed by atoms with Crippen molar-refractivity contribution in [2.45, 2.75) is 253 Å². The molecule has 0 bridgehead atoms. The van der Waals surface area contributed by atoms with Crippen molar-refractivity contribution in [2.24, 2.45) is 33.5 Å². The SMILES string of the molecule is CC(F)(F)Oc1ccccc1CCNc1ncc(C#N)c(N[C@@H]2CC[C@H](O)C(C)(C)C2)n1.CC(F)(F)c1cc(CCNc2ncc(C#N)c(N[C@@H]3CC[C@H](O)C(C)(C)C3)n2)cc(C(F)(F)F)c1.C[C@H]1CC[C@@H](Nc2nc(NCC(C)(O)c3ccccc3)ncc2C#N)CC1(C)C.C[C@H]1CC[C@@H](Nc2nc(NCCc3ccc(OC(F)(F)F)cc3)ncc2C#N)CC1(C)C. The number of aromatic nitrogens is 8. The normalized spacial score (nSPS) is 20.9. The standard InChI is InChI=1S/C24H28F5N5O.C23H28F3N5O.C23H29F2N5O2.C23H31N5O/c1-22(2)11-18(4-5-19(22)35)33-20-15(12-30)13-32-21(34-20)31-7-6-14-8-16(23(3,25)26)10-17(9-14)24(27,28)29;1-15-4-7-18(12-22(15,2)3)30-20-17(13-27)14-29-21(31-20)28-11-10-16-5-8-19(9-6-16)32-23(24,25)26;1-22(2)12-17(8-9-19(22)31)29-20-16(13-26)14-28-21(30-20)27-11-10-15-6-4-5-7-18(15)32-23(3,24)25;1-16-10-11-19(12-22(16,2)3)27-20-17(13-24)14-25-21(28-20)26-15-23(4,29)18-8-6-5-7-9-18/h8-10,13,18-19,35H,4-7,11H2,1-3H3,(H2,31,32,33,34);5-6,8-9,14-15,18H,4,7,10-12H2,1-3H3,(H2,28,29,30,31);4-7,14,17,19,31H,8-12H2,1-3H3,(H2,27,28,29,30);5-9,14,16,19,29H,10-12,15H2,1-4H3,(H2,25,26,27,28)/t18-,19+;15-,18+;17-,19+;16-,19+,23?/m1010/s1. The highest BCUT2D eigenvalue weighted by atomic mass is 19.4. The third kappa shape index (κ3) is 30.0. The number of benzene rings is 4. The summed E-state index contributed by atoms with van der Waals surface area (Å²) in [5.41, 5.74) is 0.850. The van der Waals surface area contributed by atoms with Crippen molar-refractivity contribution in [1.82, 2.24) is 39.9 Å². The lowest BCUT2D eigenvalue weighted by atomic mass is 9.68. The molecule has 0 aliphatic heterocycles. The Balaban J connectivity index is 0.000000193. The number of hydrogen-bond donors (Lipinski definition) is 11. The largest absolute Gasteiger partial charge is 0.573 e. The van der Waals surface area contributed by atoms with Gasteiger partial charge in [-0.1, -0.05) is 130 Å². The van der Waals surface area contributed by atoms with Gasteiger partial charge in [-0.2, -0.15) is 62.9 Å². The molecule has 4 heterocycles. The maximum Gasteiger partial charge on any atom is 0.573 e. The lowest BCUT2D eigenvalue weighted by Crippen LogP contribution is -2.41. The number of aliphatic hydroxyl groups is 3. The topological polar surface area (TPSA) is 374 Å². The summed E-state index contributed by atoms with van der Waals surface area (Å²) in [5, 5.41) is 94.5. The molecule has 12 rings (SSSR count). The summed E-state index contributed by atoms with van der Waals surface area (Å²) in [6, 6.07) is 33.3. The summed E-state index contributed by atoms with van der Waals surface area (Å²) in [6.07, 6.45) is 3.95. The first-order valence-corrected chi connectivity index (χ1v) is 42.9. The molecule has 0 spiro atoms. The molecule has 35 heteroatoms. The third-order valence-electron chi connectivity index (χ3n) is 24.3. The van der Waals surface area contributed by atoms with Crippen molar-refractivity contribution in [2.75, 3.05) is 68.7 Å². The summed E-state index contributed by atoms with van der Waals surface area (Å²) in [5.74, 6) is 0.899. The summed E-state index contributed by atoms with van der Waals surface area (Å²) in [4.78, 5) is 34.5. The van der Waals surface area contributed by atoms with Gasteiger partial charge in [0.2, 0.25) is 23.8 Å². The summed E-state index contributed by atoms with van der Waals surface area (Å²) in [7, 11) is 0. The molecule has 25 nitrogen and oxygen atoms in total. The van der Waals surface area contributed by atoms with Crippen LogP contribution < -0.4 is 52.0 Å². The highest BCUT2D eigenvalue weighted by Gasteiger charge is 2.41. The number of halogens is 10. The number of aliphatic hydroxyl groups excluding tert-OH is 2. The Hall–Kier alpha value is -11.7. The first-order chi connectivity index (χ1) is 60.0. The lowest BCUT2D eigenvalue weighted by Gasteiger charge is -2.41. The fraction of sp³-hybridized carbons (Fsp3) is 0.527. The molecule has 0 radical (unpaired) electrons. The van der Waals surface area contributed by atoms with Crippen LogP contribution in [0.3, 0.4) is 0 Å². The predicted octanol–water partition coefficient (Wildman–Crippen LogP) is 19.7. The van der Waals surface area contributed by atoms with Crippen LogP contribution in [0, 0.1) is 78.8 Å². The Bertz CT molecular complexity index is 5130. The average Bonchev–Trinajstić information content (AvgIpc) is 0.818. The smallest absolute Gasteiger partial charge is 0.432 e. The molecule has 688 valence electrons. The number of ether oxygens (including phenoxy) is 2. The van der Waals surface area contributed by atoms with E-state index >= 15 is 0 Å². The van der Waals surface area contributed by atoms with Crippen LogP contribution in [-0.2, 0) is 37.0 Å². The van der Waals surface area contributed by atoms with Crippen molar-refractivity contribution in [3.8, 4) is 35.8 Å². The first kappa shape index (κ1) is 100. The highest BCUT2D eigenvalue weighted by Crippen LogP contribution is 2.45. The molecule has 4 aromatic carbocycles. The number of para-hydroxylation sites is 1. The Morgan fingerprint density at radius 3 is 1.16 bits per heavy atom. The number of nitrogens with one attached hydrogen (secondary N) is 8. The maximum absolute atomic E-state index is 13.7. The molecule has 11 N–H and O–H groups in total. The Labute approximate surface area is 741 Å². The van der Waals surface area contributed by atoms with Crippen LogP contribution in [0.25, 0.3) is 0 Å². The van der Waals surface area contributed by atoms with Crippen molar-refractivity contribution >= 4 is 47.1 Å². The molecule has 8 aromatic rings. The predicted molar refractivity (Wildman–Crippen MR) is 470 cm³/mol. The maximum atomic E-state index is 13.7. The van der Waals surface area contributed by atoms with E-state index in [0.29, 0.717) is 147 Å². The summed E-state index contributed by atoms with van der Waals surface area (Å²) >= 11 is 0. The highest BCUT2D eigenvalue weighted by molar-refractivity contribution is 5.58. The van der Waals surface area contributed by atoms with E-state index < -0.39 is 47.4 Å². The minimum atomic E-state index is -4.75. The second kappa shape index (κ2) is 43.0. The molecular formula is C93H116F10N20O5. The number of alkyl halides is 10. The molecule has 1 unspecified atom stereocenters. The van der Waals surface area contributed by atoms with Gasteiger partial charge >= 0.3 is 18.6 Å². The van der Waals surface area contributed by atoms with Crippen LogP contribution >= 0.6 is 0 Å². The second-order valence-electron chi connectivity index (χ2n) is 36.6. The van der Waals surface area contributed by atoms with E-state index in [2.05, 4.69) is 147 Å². The molecule has 4 aliphatic rings. The molecule has 0 amide bonds. The van der Waals surface area contributed by atoms with Crippen LogP contribution in [0.15, 0.2) is 122 Å². The average molecular weight is 1780 g/mol. The van der Waals surface area contributed by atoms with Crippen molar-refractivity contribution < 1.29 is 68.7 Å². The monoisotopic (exact) mass is 1780 g/mol. The van der Waals surface area contributed by atoms with Crippen LogP contribution in [0.1, 0.15) is 223 Å². The Morgan fingerprint density at radius 1 is 0.422 bits per heavy atom. The number of nitrogens with zero attached hydrogens (tertiary/aromatic N) is 12. The minimum Gasteiger partial charge on any atom is -0.432 e. The zero-order chi connectivity index (χ0) is 93.8. The van der Waals surface area contributed by atoms with E-state index in [9.17, 15) is 80.3 Å². The van der Waals surface area contributed by atoms with Crippen LogP contribution in [-0.4, -0.2) is 130 Å².